The number of carbonyl (C=O) groups excluding carboxylic acids is 2. The van der Waals surface area contributed by atoms with Crippen molar-refractivity contribution in [3.05, 3.63) is 46.8 Å². The van der Waals surface area contributed by atoms with Crippen LogP contribution in [0.2, 0.25) is 0 Å². The van der Waals surface area contributed by atoms with Crippen LogP contribution < -0.4 is 5.32 Å². The Kier molecular flexibility index (Phi) is 6.72. The van der Waals surface area contributed by atoms with Crippen molar-refractivity contribution >= 4 is 35.1 Å². The molecule has 1 atom stereocenters. The monoisotopic (exact) mass is 467 g/mol. The summed E-state index contributed by atoms with van der Waals surface area (Å²) in [6.45, 7) is 4.76. The Morgan fingerprint density at radius 3 is 2.56 bits per heavy atom. The van der Waals surface area contributed by atoms with Crippen molar-refractivity contribution in [1.82, 2.24) is 19.6 Å². The predicted octanol–water partition coefficient (Wildman–Crippen LogP) is 3.59. The van der Waals surface area contributed by atoms with Gasteiger partial charge in [0, 0.05) is 17.0 Å². The molecule has 2 aromatic heterocycles. The van der Waals surface area contributed by atoms with Gasteiger partial charge >= 0.3 is 12.1 Å². The smallest absolute Gasteiger partial charge is 0.418 e. The standard InChI is InChI=1S/C20H20F3N5O3S/c1-10-13(11(2)28-18(24-10)26-19(27-28)32-4)9-16(29)31-12(3)17(30)25-15-8-6-5-7-14(15)20(21,22)23/h5-8,12H,9H2,1-4H3,(H,25,30). The number of esters is 1. The lowest BCUT2D eigenvalue weighted by Crippen LogP contribution is -2.31. The molecule has 1 amide bonds. The zero-order valence-corrected chi connectivity index (χ0v) is 18.5. The van der Waals surface area contributed by atoms with E-state index in [0.29, 0.717) is 27.9 Å². The van der Waals surface area contributed by atoms with Crippen LogP contribution in [0.25, 0.3) is 5.78 Å². The Labute approximate surface area is 185 Å². The Hall–Kier alpha value is -3.15. The fourth-order valence-electron chi connectivity index (χ4n) is 3.04. The Balaban J connectivity index is 1.71. The van der Waals surface area contributed by atoms with E-state index in [1.54, 1.807) is 13.8 Å². The summed E-state index contributed by atoms with van der Waals surface area (Å²) in [5.74, 6) is -1.20. The van der Waals surface area contributed by atoms with Crippen molar-refractivity contribution in [2.24, 2.45) is 0 Å². The molecule has 32 heavy (non-hydrogen) atoms. The second kappa shape index (κ2) is 9.15. The fourth-order valence-corrected chi connectivity index (χ4v) is 3.38. The molecule has 1 N–H and O–H groups in total. The molecule has 0 radical (unpaired) electrons. The van der Waals surface area contributed by atoms with Crippen LogP contribution in [-0.2, 0) is 26.9 Å². The van der Waals surface area contributed by atoms with Gasteiger partial charge in [0.05, 0.1) is 17.7 Å². The minimum atomic E-state index is -4.64. The molecule has 1 unspecified atom stereocenters. The van der Waals surface area contributed by atoms with Gasteiger partial charge in [0.2, 0.25) is 5.16 Å². The van der Waals surface area contributed by atoms with Gasteiger partial charge in [-0.3, -0.25) is 9.59 Å². The average Bonchev–Trinajstić information content (AvgIpc) is 3.14. The van der Waals surface area contributed by atoms with E-state index < -0.39 is 35.4 Å². The number of anilines is 1. The van der Waals surface area contributed by atoms with Gasteiger partial charge in [-0.2, -0.15) is 18.2 Å². The van der Waals surface area contributed by atoms with Crippen LogP contribution in [0.5, 0.6) is 0 Å². The lowest BCUT2D eigenvalue weighted by Gasteiger charge is -2.17. The van der Waals surface area contributed by atoms with E-state index in [1.165, 1.54) is 35.3 Å². The number of hydrogen-bond donors (Lipinski definition) is 1. The number of rotatable bonds is 6. The van der Waals surface area contributed by atoms with Gasteiger partial charge < -0.3 is 10.1 Å². The van der Waals surface area contributed by atoms with Crippen LogP contribution in [0.4, 0.5) is 18.9 Å². The van der Waals surface area contributed by atoms with E-state index in [2.05, 4.69) is 20.4 Å². The van der Waals surface area contributed by atoms with Crippen LogP contribution in [0.3, 0.4) is 0 Å². The number of benzene rings is 1. The molecule has 0 aliphatic heterocycles. The van der Waals surface area contributed by atoms with Gasteiger partial charge in [-0.1, -0.05) is 23.9 Å². The number of alkyl halides is 3. The molecule has 3 rings (SSSR count). The molecular weight excluding hydrogens is 447 g/mol. The number of carbonyl (C=O) groups is 2. The van der Waals surface area contributed by atoms with E-state index in [4.69, 9.17) is 4.74 Å². The summed E-state index contributed by atoms with van der Waals surface area (Å²) in [4.78, 5) is 33.4. The Morgan fingerprint density at radius 1 is 1.22 bits per heavy atom. The first-order valence-electron chi connectivity index (χ1n) is 9.44. The van der Waals surface area contributed by atoms with Crippen LogP contribution in [0.1, 0.15) is 29.4 Å². The third kappa shape index (κ3) is 5.01. The second-order valence-electron chi connectivity index (χ2n) is 6.91. The molecule has 8 nitrogen and oxygen atoms in total. The lowest BCUT2D eigenvalue weighted by atomic mass is 10.1. The fraction of sp³-hybridized carbons (Fsp3) is 0.350. The molecule has 1 aromatic carbocycles. The van der Waals surface area contributed by atoms with Crippen LogP contribution in [0.15, 0.2) is 29.4 Å². The van der Waals surface area contributed by atoms with Crippen molar-refractivity contribution in [2.75, 3.05) is 11.6 Å². The quantitative estimate of drug-likeness (QED) is 0.437. The van der Waals surface area contributed by atoms with Gasteiger partial charge in [0.15, 0.2) is 6.10 Å². The summed E-state index contributed by atoms with van der Waals surface area (Å²) in [6.07, 6.45) is -4.31. The summed E-state index contributed by atoms with van der Waals surface area (Å²) in [6, 6.07) is 4.56. The third-order valence-electron chi connectivity index (χ3n) is 4.70. The SMILES string of the molecule is CSc1nc2nc(C)c(CC(=O)OC(C)C(=O)Nc3ccccc3C(F)(F)F)c(C)n2n1. The van der Waals surface area contributed by atoms with Crippen LogP contribution in [0, 0.1) is 13.8 Å². The normalized spacial score (nSPS) is 12.6. The highest BCUT2D eigenvalue weighted by atomic mass is 32.2. The number of ether oxygens (including phenoxy) is 1. The Morgan fingerprint density at radius 2 is 1.91 bits per heavy atom. The molecular formula is C20H20F3N5O3S. The molecule has 0 fully saturated rings. The highest BCUT2D eigenvalue weighted by Gasteiger charge is 2.34. The van der Waals surface area contributed by atoms with Crippen molar-refractivity contribution < 1.29 is 27.5 Å². The second-order valence-corrected chi connectivity index (χ2v) is 7.69. The molecule has 0 spiro atoms. The molecule has 0 aliphatic carbocycles. The zero-order valence-electron chi connectivity index (χ0n) is 17.6. The van der Waals surface area contributed by atoms with Crippen molar-refractivity contribution in [3.63, 3.8) is 0 Å². The first kappa shape index (κ1) is 23.5. The average molecular weight is 467 g/mol. The van der Waals surface area contributed by atoms with Crippen molar-refractivity contribution in [3.8, 4) is 0 Å². The highest BCUT2D eigenvalue weighted by molar-refractivity contribution is 7.98. The number of nitrogens with zero attached hydrogens (tertiary/aromatic N) is 4. The number of nitrogens with one attached hydrogen (secondary N) is 1. The van der Waals surface area contributed by atoms with Crippen LogP contribution >= 0.6 is 11.8 Å². The topological polar surface area (TPSA) is 98.5 Å². The first-order chi connectivity index (χ1) is 15.0. The summed E-state index contributed by atoms with van der Waals surface area (Å²) >= 11 is 1.35. The summed E-state index contributed by atoms with van der Waals surface area (Å²) in [5.41, 5.74) is 0.367. The van der Waals surface area contributed by atoms with Gasteiger partial charge in [-0.15, -0.1) is 5.10 Å². The summed E-state index contributed by atoms with van der Waals surface area (Å²) in [5, 5.41) is 7.00. The van der Waals surface area contributed by atoms with Gasteiger partial charge in [0.25, 0.3) is 11.7 Å². The van der Waals surface area contributed by atoms with E-state index in [9.17, 15) is 22.8 Å². The van der Waals surface area contributed by atoms with Crippen molar-refractivity contribution in [1.29, 1.82) is 0 Å². The molecule has 2 heterocycles. The lowest BCUT2D eigenvalue weighted by molar-refractivity contribution is -0.152. The largest absolute Gasteiger partial charge is 0.452 e. The molecule has 0 bridgehead atoms. The van der Waals surface area contributed by atoms with E-state index in [-0.39, 0.29) is 6.42 Å². The molecule has 0 saturated carbocycles. The third-order valence-corrected chi connectivity index (χ3v) is 5.24. The maximum absolute atomic E-state index is 13.1. The summed E-state index contributed by atoms with van der Waals surface area (Å²) in [7, 11) is 0. The van der Waals surface area contributed by atoms with Gasteiger partial charge in [0.1, 0.15) is 0 Å². The number of hydrogen-bond acceptors (Lipinski definition) is 7. The number of para-hydroxylation sites is 1. The maximum Gasteiger partial charge on any atom is 0.418 e. The minimum absolute atomic E-state index is 0.189. The molecule has 12 heteroatoms. The molecule has 0 aliphatic rings. The number of halogens is 3. The van der Waals surface area contributed by atoms with Gasteiger partial charge in [-0.05, 0) is 39.2 Å². The van der Waals surface area contributed by atoms with Gasteiger partial charge in [-0.25, -0.2) is 9.50 Å². The van der Waals surface area contributed by atoms with Crippen LogP contribution in [-0.4, -0.2) is 43.8 Å². The maximum atomic E-state index is 13.1. The number of aromatic nitrogens is 4. The predicted molar refractivity (Wildman–Crippen MR) is 111 cm³/mol. The number of thioether (sulfide) groups is 1. The van der Waals surface area contributed by atoms with E-state index >= 15 is 0 Å². The van der Waals surface area contributed by atoms with E-state index in [1.807, 2.05) is 6.26 Å². The number of fused-ring (bicyclic) bond motifs is 1. The number of aryl methyl sites for hydroxylation is 2. The number of amides is 1. The minimum Gasteiger partial charge on any atom is -0.452 e. The Bertz CT molecular complexity index is 1180. The molecule has 0 saturated heterocycles. The van der Waals surface area contributed by atoms with Crippen molar-refractivity contribution in [2.45, 2.75) is 44.6 Å². The first-order valence-corrected chi connectivity index (χ1v) is 10.7. The van der Waals surface area contributed by atoms with E-state index in [0.717, 1.165) is 12.1 Å². The highest BCUT2D eigenvalue weighted by Crippen LogP contribution is 2.34. The zero-order chi connectivity index (χ0) is 23.6. The summed E-state index contributed by atoms with van der Waals surface area (Å²) < 4.78 is 46.0. The molecule has 170 valence electrons. The molecule has 3 aromatic rings.